The summed E-state index contributed by atoms with van der Waals surface area (Å²) in [7, 11) is 1.90. The Morgan fingerprint density at radius 3 is 2.73 bits per heavy atom. The molecule has 0 saturated heterocycles. The molecule has 0 unspecified atom stereocenters. The van der Waals surface area contributed by atoms with Crippen LogP contribution in [-0.2, 0) is 19.9 Å². The number of nitrogens with zero attached hydrogens (tertiary/aromatic N) is 3. The normalized spacial score (nSPS) is 10.5. The van der Waals surface area contributed by atoms with Crippen molar-refractivity contribution in [2.45, 2.75) is 19.8 Å². The lowest BCUT2D eigenvalue weighted by molar-refractivity contribution is 0.690. The van der Waals surface area contributed by atoms with Crippen LogP contribution < -0.4 is 5.73 Å². The van der Waals surface area contributed by atoms with Gasteiger partial charge in [-0.25, -0.2) is 4.98 Å². The summed E-state index contributed by atoms with van der Waals surface area (Å²) < 4.78 is 1.80. The molecular formula is C7H14N4. The third kappa shape index (κ3) is 1.77. The Hall–Kier alpha value is -0.900. The Balaban J connectivity index is 2.79. The molecule has 0 radical (unpaired) electrons. The zero-order valence-electron chi connectivity index (χ0n) is 7.04. The van der Waals surface area contributed by atoms with Crippen molar-refractivity contribution in [2.24, 2.45) is 12.8 Å². The van der Waals surface area contributed by atoms with E-state index in [-0.39, 0.29) is 0 Å². The standard InChI is InChI=1S/C7H14N4/c1-3-6-9-7(4-5-8)11(2)10-6/h3-5,8H2,1-2H3. The van der Waals surface area contributed by atoms with E-state index in [9.17, 15) is 0 Å². The van der Waals surface area contributed by atoms with Crippen LogP contribution >= 0.6 is 0 Å². The summed E-state index contributed by atoms with van der Waals surface area (Å²) in [6, 6.07) is 0. The molecule has 11 heavy (non-hydrogen) atoms. The van der Waals surface area contributed by atoms with E-state index >= 15 is 0 Å². The highest BCUT2D eigenvalue weighted by Crippen LogP contribution is 1.96. The van der Waals surface area contributed by atoms with Crippen LogP contribution in [-0.4, -0.2) is 21.3 Å². The fraction of sp³-hybridized carbons (Fsp3) is 0.714. The van der Waals surface area contributed by atoms with Crippen LogP contribution in [0.1, 0.15) is 18.6 Å². The Morgan fingerprint density at radius 2 is 2.27 bits per heavy atom. The summed E-state index contributed by atoms with van der Waals surface area (Å²) in [5.74, 6) is 1.88. The smallest absolute Gasteiger partial charge is 0.150 e. The van der Waals surface area contributed by atoms with Gasteiger partial charge in [-0.1, -0.05) is 6.92 Å². The van der Waals surface area contributed by atoms with E-state index in [1.54, 1.807) is 4.68 Å². The topological polar surface area (TPSA) is 56.7 Å². The molecule has 4 nitrogen and oxygen atoms in total. The van der Waals surface area contributed by atoms with Crippen LogP contribution in [0.25, 0.3) is 0 Å². The molecule has 0 atom stereocenters. The number of hydrogen-bond acceptors (Lipinski definition) is 3. The Morgan fingerprint density at radius 1 is 1.55 bits per heavy atom. The van der Waals surface area contributed by atoms with E-state index in [1.165, 1.54) is 0 Å². The van der Waals surface area contributed by atoms with Gasteiger partial charge in [0, 0.05) is 19.9 Å². The molecule has 1 aromatic rings. The van der Waals surface area contributed by atoms with E-state index in [0.29, 0.717) is 6.54 Å². The summed E-state index contributed by atoms with van der Waals surface area (Å²) in [5, 5.41) is 4.20. The average molecular weight is 154 g/mol. The lowest BCUT2D eigenvalue weighted by Crippen LogP contribution is -2.08. The minimum atomic E-state index is 0.635. The molecule has 2 N–H and O–H groups in total. The van der Waals surface area contributed by atoms with Crippen molar-refractivity contribution in [3.63, 3.8) is 0 Å². The first kappa shape index (κ1) is 8.20. The van der Waals surface area contributed by atoms with Crippen LogP contribution in [0.15, 0.2) is 0 Å². The van der Waals surface area contributed by atoms with E-state index in [4.69, 9.17) is 5.73 Å². The fourth-order valence-corrected chi connectivity index (χ4v) is 0.971. The number of aryl methyl sites for hydroxylation is 2. The molecule has 1 heterocycles. The lowest BCUT2D eigenvalue weighted by Gasteiger charge is -1.93. The first-order valence-electron chi connectivity index (χ1n) is 3.86. The van der Waals surface area contributed by atoms with Gasteiger partial charge in [0.2, 0.25) is 0 Å². The van der Waals surface area contributed by atoms with Crippen molar-refractivity contribution in [1.29, 1.82) is 0 Å². The molecule has 0 saturated carbocycles. The Labute approximate surface area is 66.4 Å². The SMILES string of the molecule is CCc1nc(CCN)n(C)n1. The first-order chi connectivity index (χ1) is 5.27. The first-order valence-corrected chi connectivity index (χ1v) is 3.86. The minimum Gasteiger partial charge on any atom is -0.330 e. The highest BCUT2D eigenvalue weighted by Gasteiger charge is 2.02. The monoisotopic (exact) mass is 154 g/mol. The van der Waals surface area contributed by atoms with Crippen molar-refractivity contribution < 1.29 is 0 Å². The molecule has 1 rings (SSSR count). The van der Waals surface area contributed by atoms with Crippen molar-refractivity contribution in [2.75, 3.05) is 6.54 Å². The summed E-state index contributed by atoms with van der Waals surface area (Å²) in [6.07, 6.45) is 1.70. The van der Waals surface area contributed by atoms with Gasteiger partial charge in [0.15, 0.2) is 5.82 Å². The number of nitrogens with two attached hydrogens (primary N) is 1. The Bertz CT molecular complexity index is 228. The summed E-state index contributed by atoms with van der Waals surface area (Å²) in [5.41, 5.74) is 5.40. The summed E-state index contributed by atoms with van der Waals surface area (Å²) in [4.78, 5) is 4.29. The maximum Gasteiger partial charge on any atom is 0.150 e. The minimum absolute atomic E-state index is 0.635. The maximum absolute atomic E-state index is 5.40. The van der Waals surface area contributed by atoms with Gasteiger partial charge < -0.3 is 5.73 Å². The highest BCUT2D eigenvalue weighted by molar-refractivity contribution is 4.92. The maximum atomic E-state index is 5.40. The fourth-order valence-electron chi connectivity index (χ4n) is 0.971. The molecule has 1 aromatic heterocycles. The van der Waals surface area contributed by atoms with Gasteiger partial charge >= 0.3 is 0 Å². The van der Waals surface area contributed by atoms with Crippen LogP contribution in [0, 0.1) is 0 Å². The molecule has 0 aliphatic carbocycles. The van der Waals surface area contributed by atoms with E-state index in [2.05, 4.69) is 10.1 Å². The van der Waals surface area contributed by atoms with Gasteiger partial charge in [-0.2, -0.15) is 5.10 Å². The number of aromatic nitrogens is 3. The van der Waals surface area contributed by atoms with Crippen LogP contribution in [0.3, 0.4) is 0 Å². The highest BCUT2D eigenvalue weighted by atomic mass is 15.3. The number of rotatable bonds is 3. The molecule has 0 bridgehead atoms. The van der Waals surface area contributed by atoms with Crippen LogP contribution in [0.2, 0.25) is 0 Å². The van der Waals surface area contributed by atoms with Crippen molar-refractivity contribution >= 4 is 0 Å². The van der Waals surface area contributed by atoms with Crippen molar-refractivity contribution in [3.8, 4) is 0 Å². The second-order valence-corrected chi connectivity index (χ2v) is 2.46. The molecule has 0 fully saturated rings. The van der Waals surface area contributed by atoms with Crippen LogP contribution in [0.5, 0.6) is 0 Å². The van der Waals surface area contributed by atoms with Gasteiger partial charge in [-0.3, -0.25) is 4.68 Å². The van der Waals surface area contributed by atoms with Gasteiger partial charge in [0.05, 0.1) is 0 Å². The van der Waals surface area contributed by atoms with Gasteiger partial charge in [0.1, 0.15) is 5.82 Å². The van der Waals surface area contributed by atoms with Gasteiger partial charge in [-0.05, 0) is 6.54 Å². The molecule has 0 aliphatic heterocycles. The predicted molar refractivity (Wildman–Crippen MR) is 43.1 cm³/mol. The zero-order valence-corrected chi connectivity index (χ0v) is 7.04. The summed E-state index contributed by atoms with van der Waals surface area (Å²) in [6.45, 7) is 2.68. The van der Waals surface area contributed by atoms with Crippen LogP contribution in [0.4, 0.5) is 0 Å². The largest absolute Gasteiger partial charge is 0.330 e. The zero-order chi connectivity index (χ0) is 8.27. The second-order valence-electron chi connectivity index (χ2n) is 2.46. The van der Waals surface area contributed by atoms with E-state index in [0.717, 1.165) is 24.5 Å². The van der Waals surface area contributed by atoms with E-state index in [1.807, 2.05) is 14.0 Å². The molecule has 0 amide bonds. The molecular weight excluding hydrogens is 140 g/mol. The van der Waals surface area contributed by atoms with E-state index < -0.39 is 0 Å². The third-order valence-electron chi connectivity index (χ3n) is 1.58. The lowest BCUT2D eigenvalue weighted by atomic mass is 10.4. The molecule has 62 valence electrons. The van der Waals surface area contributed by atoms with Gasteiger partial charge in [0.25, 0.3) is 0 Å². The Kier molecular flexibility index (Phi) is 2.59. The second kappa shape index (κ2) is 3.48. The molecule has 0 spiro atoms. The van der Waals surface area contributed by atoms with Gasteiger partial charge in [-0.15, -0.1) is 0 Å². The number of hydrogen-bond donors (Lipinski definition) is 1. The van der Waals surface area contributed by atoms with Crippen molar-refractivity contribution in [1.82, 2.24) is 14.8 Å². The molecule has 4 heteroatoms. The average Bonchev–Trinajstić information content (AvgIpc) is 2.33. The van der Waals surface area contributed by atoms with Crippen molar-refractivity contribution in [3.05, 3.63) is 11.6 Å². The third-order valence-corrected chi connectivity index (χ3v) is 1.58. The quantitative estimate of drug-likeness (QED) is 0.660. The summed E-state index contributed by atoms with van der Waals surface area (Å²) >= 11 is 0. The predicted octanol–water partition coefficient (Wildman–Crippen LogP) is -0.121. The molecule has 0 aromatic carbocycles. The molecule has 0 aliphatic rings.